The molecule has 1 fully saturated rings. The Balaban J connectivity index is 1.41. The standard InChI is InChI=1S/C31H33N3O2S/c1-33(2)27-17-15-24(16-18-27)23-13-11-22(12-14-23)21-34(31(36)25-7-4-3-5-8-25)28-10-6-9-26(19-28)29-20-30(35)32-37-29/h6,9-20,25H,3-5,7-8,21H2,1-2H3,(H,32,35). The molecule has 1 N–H and O–H groups in total. The second-order valence-corrected chi connectivity index (χ2v) is 10.8. The van der Waals surface area contributed by atoms with Gasteiger partial charge in [0.1, 0.15) is 0 Å². The van der Waals surface area contributed by atoms with Crippen LogP contribution in [0.5, 0.6) is 5.88 Å². The lowest BCUT2D eigenvalue weighted by molar-refractivity contribution is -0.123. The minimum Gasteiger partial charge on any atom is -0.493 e. The number of benzene rings is 3. The molecule has 1 heterocycles. The largest absolute Gasteiger partial charge is 0.493 e. The zero-order valence-electron chi connectivity index (χ0n) is 21.4. The van der Waals surface area contributed by atoms with Crippen molar-refractivity contribution in [3.8, 4) is 27.4 Å². The van der Waals surface area contributed by atoms with Crippen LogP contribution in [0.25, 0.3) is 21.6 Å². The van der Waals surface area contributed by atoms with Gasteiger partial charge in [0, 0.05) is 37.5 Å². The van der Waals surface area contributed by atoms with E-state index in [-0.39, 0.29) is 17.7 Å². The van der Waals surface area contributed by atoms with E-state index in [1.54, 1.807) is 6.07 Å². The van der Waals surface area contributed by atoms with E-state index >= 15 is 0 Å². The molecule has 0 spiro atoms. The fourth-order valence-electron chi connectivity index (χ4n) is 5.03. The number of nitrogens with zero attached hydrogens (tertiary/aromatic N) is 3. The first-order valence-electron chi connectivity index (χ1n) is 12.9. The number of amides is 1. The van der Waals surface area contributed by atoms with E-state index in [1.165, 1.54) is 29.2 Å². The predicted molar refractivity (Wildman–Crippen MR) is 153 cm³/mol. The smallest absolute Gasteiger partial charge is 0.230 e. The number of aromatic nitrogens is 1. The van der Waals surface area contributed by atoms with E-state index in [0.29, 0.717) is 6.54 Å². The van der Waals surface area contributed by atoms with Gasteiger partial charge in [0.05, 0.1) is 11.4 Å². The molecule has 0 aliphatic heterocycles. The van der Waals surface area contributed by atoms with Crippen molar-refractivity contribution in [3.05, 3.63) is 84.4 Å². The average Bonchev–Trinajstić information content (AvgIpc) is 3.38. The van der Waals surface area contributed by atoms with Crippen molar-refractivity contribution in [1.29, 1.82) is 0 Å². The highest BCUT2D eigenvalue weighted by Gasteiger charge is 2.27. The van der Waals surface area contributed by atoms with Crippen LogP contribution in [-0.2, 0) is 11.3 Å². The van der Waals surface area contributed by atoms with Crippen LogP contribution in [0.15, 0.2) is 78.9 Å². The zero-order valence-corrected chi connectivity index (χ0v) is 22.2. The highest BCUT2D eigenvalue weighted by Crippen LogP contribution is 2.33. The summed E-state index contributed by atoms with van der Waals surface area (Å²) < 4.78 is 4.00. The normalized spacial score (nSPS) is 13.9. The Hall–Kier alpha value is -3.64. The Kier molecular flexibility index (Phi) is 7.56. The maximum absolute atomic E-state index is 13.8. The third-order valence-electron chi connectivity index (χ3n) is 7.17. The summed E-state index contributed by atoms with van der Waals surface area (Å²) in [6.45, 7) is 0.520. The van der Waals surface area contributed by atoms with Gasteiger partial charge in [-0.2, -0.15) is 4.37 Å². The maximum atomic E-state index is 13.8. The van der Waals surface area contributed by atoms with Crippen LogP contribution in [0.3, 0.4) is 0 Å². The van der Waals surface area contributed by atoms with Crippen molar-refractivity contribution in [2.24, 2.45) is 5.92 Å². The van der Waals surface area contributed by atoms with Gasteiger partial charge in [-0.1, -0.05) is 67.8 Å². The molecule has 1 aromatic heterocycles. The number of hydrogen-bond donors (Lipinski definition) is 1. The Morgan fingerprint density at radius 1 is 0.865 bits per heavy atom. The third kappa shape index (κ3) is 5.86. The monoisotopic (exact) mass is 511 g/mol. The molecule has 37 heavy (non-hydrogen) atoms. The molecule has 1 aliphatic carbocycles. The van der Waals surface area contributed by atoms with E-state index in [9.17, 15) is 9.90 Å². The van der Waals surface area contributed by atoms with Crippen molar-refractivity contribution in [2.75, 3.05) is 23.9 Å². The summed E-state index contributed by atoms with van der Waals surface area (Å²) in [5.74, 6) is 0.295. The molecule has 5 rings (SSSR count). The molecule has 3 aromatic carbocycles. The van der Waals surface area contributed by atoms with Gasteiger partial charge in [0.15, 0.2) is 0 Å². The SMILES string of the molecule is CN(C)c1ccc(-c2ccc(CN(C(=O)C3CCCCC3)c3cccc(-c4cc(O)ns4)c3)cc2)cc1. The molecule has 6 heteroatoms. The molecular weight excluding hydrogens is 478 g/mol. The average molecular weight is 512 g/mol. The van der Waals surface area contributed by atoms with Gasteiger partial charge in [-0.15, -0.1) is 0 Å². The molecule has 190 valence electrons. The van der Waals surface area contributed by atoms with Crippen LogP contribution in [0.1, 0.15) is 37.7 Å². The van der Waals surface area contributed by atoms with Gasteiger partial charge in [-0.25, -0.2) is 0 Å². The topological polar surface area (TPSA) is 56.7 Å². The molecule has 0 radical (unpaired) electrons. The van der Waals surface area contributed by atoms with Crippen LogP contribution in [-0.4, -0.2) is 29.5 Å². The summed E-state index contributed by atoms with van der Waals surface area (Å²) in [7, 11) is 4.09. The molecule has 1 aliphatic rings. The lowest BCUT2D eigenvalue weighted by Crippen LogP contribution is -2.36. The van der Waals surface area contributed by atoms with E-state index in [1.807, 2.05) is 43.3 Å². The minimum atomic E-state index is 0.0250. The zero-order chi connectivity index (χ0) is 25.8. The molecule has 1 amide bonds. The van der Waals surface area contributed by atoms with Crippen LogP contribution in [0.4, 0.5) is 11.4 Å². The fourth-order valence-corrected chi connectivity index (χ4v) is 5.67. The molecular formula is C31H33N3O2S. The lowest BCUT2D eigenvalue weighted by Gasteiger charge is -2.30. The summed E-state index contributed by atoms with van der Waals surface area (Å²) >= 11 is 1.26. The quantitative estimate of drug-likeness (QED) is 0.282. The van der Waals surface area contributed by atoms with Gasteiger partial charge < -0.3 is 14.9 Å². The van der Waals surface area contributed by atoms with E-state index in [2.05, 4.69) is 57.8 Å². The second-order valence-electron chi connectivity index (χ2n) is 10.00. The van der Waals surface area contributed by atoms with E-state index in [0.717, 1.165) is 52.9 Å². The van der Waals surface area contributed by atoms with Crippen LogP contribution < -0.4 is 9.80 Å². The van der Waals surface area contributed by atoms with E-state index in [4.69, 9.17) is 0 Å². The van der Waals surface area contributed by atoms with Crippen molar-refractivity contribution in [3.63, 3.8) is 0 Å². The van der Waals surface area contributed by atoms with Crippen molar-refractivity contribution in [2.45, 2.75) is 38.6 Å². The molecule has 0 unspecified atom stereocenters. The Morgan fingerprint density at radius 3 is 2.16 bits per heavy atom. The van der Waals surface area contributed by atoms with E-state index < -0.39 is 0 Å². The number of carbonyl (C=O) groups excluding carboxylic acids is 1. The summed E-state index contributed by atoms with van der Waals surface area (Å²) in [6.07, 6.45) is 5.36. The second kappa shape index (κ2) is 11.2. The Bertz CT molecular complexity index is 1340. The van der Waals surface area contributed by atoms with Crippen LogP contribution >= 0.6 is 11.5 Å². The number of aromatic hydroxyl groups is 1. The number of hydrogen-bond acceptors (Lipinski definition) is 5. The molecule has 5 nitrogen and oxygen atoms in total. The Labute approximate surface area is 223 Å². The first-order chi connectivity index (χ1) is 18.0. The van der Waals surface area contributed by atoms with Gasteiger partial charge in [-0.05, 0) is 70.9 Å². The van der Waals surface area contributed by atoms with Gasteiger partial charge >= 0.3 is 0 Å². The first-order valence-corrected chi connectivity index (χ1v) is 13.7. The first kappa shape index (κ1) is 25.0. The summed E-state index contributed by atoms with van der Waals surface area (Å²) in [4.78, 5) is 18.7. The number of rotatable bonds is 7. The molecule has 0 saturated heterocycles. The summed E-state index contributed by atoms with van der Waals surface area (Å²) in [5, 5.41) is 9.72. The highest BCUT2D eigenvalue weighted by atomic mass is 32.1. The van der Waals surface area contributed by atoms with Crippen LogP contribution in [0, 0.1) is 5.92 Å². The summed E-state index contributed by atoms with van der Waals surface area (Å²) in [6, 6.07) is 26.8. The maximum Gasteiger partial charge on any atom is 0.230 e. The van der Waals surface area contributed by atoms with Crippen molar-refractivity contribution in [1.82, 2.24) is 4.37 Å². The highest BCUT2D eigenvalue weighted by molar-refractivity contribution is 7.09. The molecule has 4 aromatic rings. The van der Waals surface area contributed by atoms with Gasteiger partial charge in [-0.3, -0.25) is 4.79 Å². The molecule has 0 bridgehead atoms. The lowest BCUT2D eigenvalue weighted by atomic mass is 9.88. The molecule has 1 saturated carbocycles. The van der Waals surface area contributed by atoms with Gasteiger partial charge in [0.25, 0.3) is 0 Å². The number of carbonyl (C=O) groups is 1. The number of anilines is 2. The van der Waals surface area contributed by atoms with Crippen LogP contribution in [0.2, 0.25) is 0 Å². The Morgan fingerprint density at radius 2 is 1.54 bits per heavy atom. The van der Waals surface area contributed by atoms with Crippen molar-refractivity contribution >= 4 is 28.8 Å². The fraction of sp³-hybridized carbons (Fsp3) is 0.290. The minimum absolute atomic E-state index is 0.0250. The molecule has 0 atom stereocenters. The predicted octanol–water partition coefficient (Wildman–Crippen LogP) is 7.36. The van der Waals surface area contributed by atoms with Gasteiger partial charge in [0.2, 0.25) is 11.8 Å². The summed E-state index contributed by atoms with van der Waals surface area (Å²) in [5.41, 5.74) is 6.43. The third-order valence-corrected chi connectivity index (χ3v) is 8.00. The van der Waals surface area contributed by atoms with Crippen molar-refractivity contribution < 1.29 is 9.90 Å².